The molecule has 1 unspecified atom stereocenters. The first-order valence-electron chi connectivity index (χ1n) is 5.96. The normalized spacial score (nSPS) is 21.2. The molecule has 0 aromatic carbocycles. The van der Waals surface area contributed by atoms with Gasteiger partial charge in [-0.3, -0.25) is 4.79 Å². The minimum Gasteiger partial charge on any atom is -0.481 e. The fraction of sp³-hybridized carbons (Fsp3) is 0.667. The largest absolute Gasteiger partial charge is 0.481 e. The van der Waals surface area contributed by atoms with Crippen molar-refractivity contribution in [2.45, 2.75) is 38.6 Å². The maximum atomic E-state index is 10.5. The quantitative estimate of drug-likeness (QED) is 0.861. The highest BCUT2D eigenvalue weighted by molar-refractivity contribution is 5.69. The van der Waals surface area contributed by atoms with E-state index in [1.54, 1.807) is 0 Å². The molecule has 0 bridgehead atoms. The molecule has 2 heterocycles. The number of oxazole rings is 1. The Morgan fingerprint density at radius 3 is 3.06 bits per heavy atom. The smallest absolute Gasteiger partial charge is 0.311 e. The Hall–Kier alpha value is -1.36. The van der Waals surface area contributed by atoms with E-state index in [2.05, 4.69) is 23.7 Å². The Bertz CT molecular complexity index is 400. The Labute approximate surface area is 100 Å². The summed E-state index contributed by atoms with van der Waals surface area (Å²) in [6, 6.07) is 0.536. The van der Waals surface area contributed by atoms with E-state index in [9.17, 15) is 4.79 Å². The first-order chi connectivity index (χ1) is 8.06. The Morgan fingerprint density at radius 2 is 2.47 bits per heavy atom. The monoisotopic (exact) mass is 238 g/mol. The van der Waals surface area contributed by atoms with Gasteiger partial charge < -0.3 is 14.4 Å². The maximum Gasteiger partial charge on any atom is 0.311 e. The summed E-state index contributed by atoms with van der Waals surface area (Å²) in [7, 11) is 0. The van der Waals surface area contributed by atoms with Gasteiger partial charge >= 0.3 is 5.97 Å². The molecule has 0 aliphatic carbocycles. The molecule has 1 atom stereocenters. The lowest BCUT2D eigenvalue weighted by Gasteiger charge is -2.19. The van der Waals surface area contributed by atoms with Gasteiger partial charge in [-0.25, -0.2) is 4.98 Å². The number of carbonyl (C=O) groups is 1. The maximum absolute atomic E-state index is 10.5. The van der Waals surface area contributed by atoms with Crippen LogP contribution in [0.5, 0.6) is 0 Å². The van der Waals surface area contributed by atoms with Crippen molar-refractivity contribution in [3.05, 3.63) is 17.8 Å². The molecule has 1 aromatic heterocycles. The average molecular weight is 238 g/mol. The highest BCUT2D eigenvalue weighted by atomic mass is 16.4. The van der Waals surface area contributed by atoms with Gasteiger partial charge in [-0.05, 0) is 26.8 Å². The zero-order valence-corrected chi connectivity index (χ0v) is 10.2. The van der Waals surface area contributed by atoms with Crippen LogP contribution in [0.15, 0.2) is 10.6 Å². The van der Waals surface area contributed by atoms with Crippen molar-refractivity contribution in [2.24, 2.45) is 0 Å². The third-order valence-electron chi connectivity index (χ3n) is 3.20. The molecule has 1 N–H and O–H groups in total. The summed E-state index contributed by atoms with van der Waals surface area (Å²) in [5.41, 5.74) is 0. The predicted molar refractivity (Wildman–Crippen MR) is 61.9 cm³/mol. The van der Waals surface area contributed by atoms with E-state index in [0.717, 1.165) is 19.5 Å². The predicted octanol–water partition coefficient (Wildman–Crippen LogP) is 1.50. The first kappa shape index (κ1) is 12.1. The van der Waals surface area contributed by atoms with Crippen molar-refractivity contribution in [1.29, 1.82) is 0 Å². The number of carboxylic acid groups (broad SMARTS) is 1. The van der Waals surface area contributed by atoms with Gasteiger partial charge in [0.05, 0.1) is 6.20 Å². The van der Waals surface area contributed by atoms with Gasteiger partial charge in [-0.15, -0.1) is 0 Å². The van der Waals surface area contributed by atoms with E-state index >= 15 is 0 Å². The molecule has 0 radical (unpaired) electrons. The van der Waals surface area contributed by atoms with Crippen LogP contribution < -0.4 is 0 Å². The molecule has 0 spiro atoms. The van der Waals surface area contributed by atoms with Gasteiger partial charge in [0, 0.05) is 18.5 Å². The number of rotatable bonds is 4. The standard InChI is InChI=1S/C12H18N2O3/c1-8(2)14-4-3-9(7-14)12-13-6-10(17-12)5-11(15)16/h6,8-9H,3-5,7H2,1-2H3,(H,15,16). The zero-order valence-electron chi connectivity index (χ0n) is 10.2. The van der Waals surface area contributed by atoms with Crippen molar-refractivity contribution >= 4 is 5.97 Å². The second kappa shape index (κ2) is 4.87. The Kier molecular flexibility index (Phi) is 3.47. The van der Waals surface area contributed by atoms with Gasteiger partial charge in [0.15, 0.2) is 5.89 Å². The van der Waals surface area contributed by atoms with Crippen LogP contribution in [0.2, 0.25) is 0 Å². The minimum absolute atomic E-state index is 0.0897. The molecule has 1 aromatic rings. The highest BCUT2D eigenvalue weighted by Gasteiger charge is 2.28. The molecular formula is C12H18N2O3. The van der Waals surface area contributed by atoms with E-state index in [-0.39, 0.29) is 6.42 Å². The van der Waals surface area contributed by atoms with Gasteiger partial charge in [0.1, 0.15) is 12.2 Å². The van der Waals surface area contributed by atoms with E-state index in [1.807, 2.05) is 0 Å². The number of hydrogen-bond acceptors (Lipinski definition) is 4. The number of carboxylic acids is 1. The number of aliphatic carboxylic acids is 1. The molecule has 1 aliphatic rings. The fourth-order valence-electron chi connectivity index (χ4n) is 2.20. The van der Waals surface area contributed by atoms with Crippen LogP contribution in [0.25, 0.3) is 0 Å². The lowest BCUT2D eigenvalue weighted by atomic mass is 10.1. The van der Waals surface area contributed by atoms with Gasteiger partial charge in [0.25, 0.3) is 0 Å². The summed E-state index contributed by atoms with van der Waals surface area (Å²) in [5, 5.41) is 8.66. The van der Waals surface area contributed by atoms with Crippen molar-refractivity contribution in [2.75, 3.05) is 13.1 Å². The van der Waals surface area contributed by atoms with E-state index < -0.39 is 5.97 Å². The lowest BCUT2D eigenvalue weighted by molar-refractivity contribution is -0.136. The molecule has 1 aliphatic heterocycles. The fourth-order valence-corrected chi connectivity index (χ4v) is 2.20. The highest BCUT2D eigenvalue weighted by Crippen LogP contribution is 2.27. The topological polar surface area (TPSA) is 66.6 Å². The number of aromatic nitrogens is 1. The lowest BCUT2D eigenvalue weighted by Crippen LogP contribution is -2.27. The Balaban J connectivity index is 1.99. The van der Waals surface area contributed by atoms with Crippen molar-refractivity contribution in [3.63, 3.8) is 0 Å². The van der Waals surface area contributed by atoms with Gasteiger partial charge in [-0.1, -0.05) is 0 Å². The van der Waals surface area contributed by atoms with Crippen LogP contribution in [0.4, 0.5) is 0 Å². The summed E-state index contributed by atoms with van der Waals surface area (Å²) in [6.07, 6.45) is 2.47. The van der Waals surface area contributed by atoms with Gasteiger partial charge in [0.2, 0.25) is 0 Å². The summed E-state index contributed by atoms with van der Waals surface area (Å²) in [6.45, 7) is 6.35. The second-order valence-corrected chi connectivity index (χ2v) is 4.81. The molecule has 94 valence electrons. The average Bonchev–Trinajstić information content (AvgIpc) is 2.83. The van der Waals surface area contributed by atoms with Crippen LogP contribution in [-0.2, 0) is 11.2 Å². The zero-order chi connectivity index (χ0) is 12.4. The molecule has 5 nitrogen and oxygen atoms in total. The van der Waals surface area contributed by atoms with E-state index in [4.69, 9.17) is 9.52 Å². The molecule has 0 amide bonds. The van der Waals surface area contributed by atoms with Crippen LogP contribution >= 0.6 is 0 Å². The van der Waals surface area contributed by atoms with Crippen LogP contribution in [-0.4, -0.2) is 40.1 Å². The summed E-state index contributed by atoms with van der Waals surface area (Å²) in [4.78, 5) is 17.1. The molecule has 17 heavy (non-hydrogen) atoms. The molecule has 2 rings (SSSR count). The second-order valence-electron chi connectivity index (χ2n) is 4.81. The van der Waals surface area contributed by atoms with Crippen LogP contribution in [0.1, 0.15) is 37.8 Å². The molecule has 1 fully saturated rings. The molecule has 0 saturated carbocycles. The number of nitrogens with zero attached hydrogens (tertiary/aromatic N) is 2. The van der Waals surface area contributed by atoms with E-state index in [0.29, 0.717) is 23.6 Å². The summed E-state index contributed by atoms with van der Waals surface area (Å²) >= 11 is 0. The van der Waals surface area contributed by atoms with E-state index in [1.165, 1.54) is 6.20 Å². The minimum atomic E-state index is -0.886. The Morgan fingerprint density at radius 1 is 1.71 bits per heavy atom. The van der Waals surface area contributed by atoms with Crippen LogP contribution in [0.3, 0.4) is 0 Å². The van der Waals surface area contributed by atoms with Crippen LogP contribution in [0, 0.1) is 0 Å². The van der Waals surface area contributed by atoms with Crippen molar-refractivity contribution in [1.82, 2.24) is 9.88 Å². The molecule has 5 heteroatoms. The van der Waals surface area contributed by atoms with Crippen molar-refractivity contribution < 1.29 is 14.3 Å². The van der Waals surface area contributed by atoms with Crippen molar-refractivity contribution in [3.8, 4) is 0 Å². The number of likely N-dealkylation sites (tertiary alicyclic amines) is 1. The third kappa shape index (κ3) is 2.85. The SMILES string of the molecule is CC(C)N1CCC(c2ncc(CC(=O)O)o2)C1. The molecular weight excluding hydrogens is 220 g/mol. The summed E-state index contributed by atoms with van der Waals surface area (Å²) in [5.74, 6) is 0.544. The summed E-state index contributed by atoms with van der Waals surface area (Å²) < 4.78 is 5.49. The third-order valence-corrected chi connectivity index (χ3v) is 3.20. The first-order valence-corrected chi connectivity index (χ1v) is 5.96. The molecule has 1 saturated heterocycles. The van der Waals surface area contributed by atoms with Gasteiger partial charge in [-0.2, -0.15) is 0 Å². The number of hydrogen-bond donors (Lipinski definition) is 1.